The number of H-pyrrole nitrogens is 1. The van der Waals surface area contributed by atoms with Gasteiger partial charge in [-0.05, 0) is 12.8 Å². The Labute approximate surface area is 91.3 Å². The predicted octanol–water partition coefficient (Wildman–Crippen LogP) is 1.60. The summed E-state index contributed by atoms with van der Waals surface area (Å²) in [6, 6.07) is 1.99. The monoisotopic (exact) mass is 215 g/mol. The lowest BCUT2D eigenvalue weighted by Gasteiger charge is -2.20. The summed E-state index contributed by atoms with van der Waals surface area (Å²) in [5.41, 5.74) is 0.921. The Bertz CT molecular complexity index is 546. The molecular formula is C10H9N5O. The predicted molar refractivity (Wildman–Crippen MR) is 53.2 cm³/mol. The van der Waals surface area contributed by atoms with Crippen molar-refractivity contribution in [3.8, 4) is 17.5 Å². The molecule has 0 aromatic carbocycles. The van der Waals surface area contributed by atoms with Crippen LogP contribution in [0.1, 0.15) is 36.7 Å². The molecule has 1 aliphatic carbocycles. The lowest BCUT2D eigenvalue weighted by atomic mass is 9.85. The number of aromatic amines is 1. The molecular weight excluding hydrogens is 206 g/mol. The van der Waals surface area contributed by atoms with Gasteiger partial charge in [0, 0.05) is 5.92 Å². The van der Waals surface area contributed by atoms with E-state index >= 15 is 0 Å². The highest BCUT2D eigenvalue weighted by Gasteiger charge is 2.25. The number of rotatable bonds is 2. The zero-order valence-electron chi connectivity index (χ0n) is 8.47. The van der Waals surface area contributed by atoms with Crippen molar-refractivity contribution in [1.82, 2.24) is 20.3 Å². The van der Waals surface area contributed by atoms with E-state index < -0.39 is 0 Å². The molecule has 0 spiro atoms. The summed E-state index contributed by atoms with van der Waals surface area (Å²) in [5, 5.41) is 19.1. The van der Waals surface area contributed by atoms with Gasteiger partial charge in [0.2, 0.25) is 0 Å². The molecule has 0 amide bonds. The average Bonchev–Trinajstić information content (AvgIpc) is 2.81. The first-order valence-corrected chi connectivity index (χ1v) is 5.16. The maximum Gasteiger partial charge on any atom is 0.262 e. The molecule has 0 radical (unpaired) electrons. The minimum Gasteiger partial charge on any atom is -0.334 e. The maximum atomic E-state index is 8.83. The van der Waals surface area contributed by atoms with Crippen LogP contribution in [0.3, 0.4) is 0 Å². The van der Waals surface area contributed by atoms with Gasteiger partial charge in [0.1, 0.15) is 11.8 Å². The van der Waals surface area contributed by atoms with Gasteiger partial charge in [0.25, 0.3) is 5.89 Å². The molecule has 0 atom stereocenters. The smallest absolute Gasteiger partial charge is 0.262 e. The van der Waals surface area contributed by atoms with Crippen LogP contribution in [0.5, 0.6) is 0 Å². The van der Waals surface area contributed by atoms with Crippen LogP contribution in [0.15, 0.2) is 10.7 Å². The summed E-state index contributed by atoms with van der Waals surface area (Å²) >= 11 is 0. The Hall–Kier alpha value is -2.16. The molecule has 1 aliphatic rings. The maximum absolute atomic E-state index is 8.83. The molecule has 1 saturated carbocycles. The standard InChI is InChI=1S/C10H9N5O/c11-4-8-7(5-12-14-8)10-13-9(15-16-10)6-2-1-3-6/h5-6H,1-3H2,(H,12,14). The number of hydrogen-bond acceptors (Lipinski definition) is 5. The van der Waals surface area contributed by atoms with Gasteiger partial charge in [0.15, 0.2) is 5.82 Å². The number of nitrogens with one attached hydrogen (secondary N) is 1. The Morgan fingerprint density at radius 2 is 2.38 bits per heavy atom. The van der Waals surface area contributed by atoms with Gasteiger partial charge in [0.05, 0.1) is 11.8 Å². The number of nitriles is 1. The first-order chi connectivity index (χ1) is 7.88. The normalized spacial score (nSPS) is 15.7. The number of hydrogen-bond donors (Lipinski definition) is 1. The first-order valence-electron chi connectivity index (χ1n) is 5.16. The molecule has 6 heteroatoms. The van der Waals surface area contributed by atoms with Gasteiger partial charge in [-0.3, -0.25) is 5.10 Å². The van der Waals surface area contributed by atoms with Gasteiger partial charge in [-0.15, -0.1) is 0 Å². The van der Waals surface area contributed by atoms with Gasteiger partial charge >= 0.3 is 0 Å². The van der Waals surface area contributed by atoms with E-state index in [-0.39, 0.29) is 0 Å². The molecule has 80 valence electrons. The molecule has 3 rings (SSSR count). The van der Waals surface area contributed by atoms with E-state index in [0.29, 0.717) is 23.1 Å². The van der Waals surface area contributed by atoms with Crippen molar-refractivity contribution in [2.45, 2.75) is 25.2 Å². The summed E-state index contributed by atoms with van der Waals surface area (Å²) in [6.45, 7) is 0. The zero-order valence-corrected chi connectivity index (χ0v) is 8.47. The Kier molecular flexibility index (Phi) is 1.96. The Balaban J connectivity index is 1.95. The molecule has 0 unspecified atom stereocenters. The fourth-order valence-electron chi connectivity index (χ4n) is 1.71. The fraction of sp³-hybridized carbons (Fsp3) is 0.400. The lowest BCUT2D eigenvalue weighted by molar-refractivity contribution is 0.366. The van der Waals surface area contributed by atoms with Crippen LogP contribution in [-0.4, -0.2) is 20.3 Å². The lowest BCUT2D eigenvalue weighted by Crippen LogP contribution is -2.10. The van der Waals surface area contributed by atoms with Gasteiger partial charge < -0.3 is 4.52 Å². The highest BCUT2D eigenvalue weighted by atomic mass is 16.5. The molecule has 2 aromatic heterocycles. The van der Waals surface area contributed by atoms with E-state index in [2.05, 4.69) is 20.3 Å². The minimum absolute atomic E-state index is 0.351. The fourth-order valence-corrected chi connectivity index (χ4v) is 1.71. The molecule has 0 aliphatic heterocycles. The second kappa shape index (κ2) is 3.45. The molecule has 1 fully saturated rings. The van der Waals surface area contributed by atoms with Gasteiger partial charge in [-0.25, -0.2) is 0 Å². The molecule has 2 heterocycles. The summed E-state index contributed by atoms with van der Waals surface area (Å²) in [5.74, 6) is 1.54. The highest BCUT2D eigenvalue weighted by Crippen LogP contribution is 2.35. The van der Waals surface area contributed by atoms with Crippen molar-refractivity contribution in [3.05, 3.63) is 17.7 Å². The van der Waals surface area contributed by atoms with Crippen molar-refractivity contribution in [1.29, 1.82) is 5.26 Å². The average molecular weight is 215 g/mol. The van der Waals surface area contributed by atoms with Crippen LogP contribution >= 0.6 is 0 Å². The highest BCUT2D eigenvalue weighted by molar-refractivity contribution is 5.59. The number of aromatic nitrogens is 4. The number of nitrogens with zero attached hydrogens (tertiary/aromatic N) is 4. The molecule has 0 saturated heterocycles. The van der Waals surface area contributed by atoms with E-state index in [1.54, 1.807) is 0 Å². The van der Waals surface area contributed by atoms with Crippen molar-refractivity contribution in [2.75, 3.05) is 0 Å². The summed E-state index contributed by atoms with van der Waals surface area (Å²) in [4.78, 5) is 4.29. The summed E-state index contributed by atoms with van der Waals surface area (Å²) < 4.78 is 5.14. The third-order valence-electron chi connectivity index (χ3n) is 2.89. The summed E-state index contributed by atoms with van der Waals surface area (Å²) in [6.07, 6.45) is 4.99. The van der Waals surface area contributed by atoms with Gasteiger partial charge in [-0.2, -0.15) is 15.3 Å². The van der Waals surface area contributed by atoms with Crippen molar-refractivity contribution < 1.29 is 4.52 Å². The van der Waals surface area contributed by atoms with E-state index in [1.807, 2.05) is 6.07 Å². The quantitative estimate of drug-likeness (QED) is 0.821. The SMILES string of the molecule is N#Cc1[nH]ncc1-c1nc(C2CCC2)no1. The molecule has 0 bridgehead atoms. The zero-order chi connectivity index (χ0) is 11.0. The van der Waals surface area contributed by atoms with Crippen LogP contribution in [0, 0.1) is 11.3 Å². The van der Waals surface area contributed by atoms with Crippen LogP contribution in [0.25, 0.3) is 11.5 Å². The Morgan fingerprint density at radius 3 is 3.06 bits per heavy atom. The molecule has 16 heavy (non-hydrogen) atoms. The minimum atomic E-state index is 0.351. The summed E-state index contributed by atoms with van der Waals surface area (Å²) in [7, 11) is 0. The van der Waals surface area contributed by atoms with Crippen LogP contribution in [0.4, 0.5) is 0 Å². The van der Waals surface area contributed by atoms with E-state index in [1.165, 1.54) is 12.6 Å². The molecule has 1 N–H and O–H groups in total. The molecule has 6 nitrogen and oxygen atoms in total. The van der Waals surface area contributed by atoms with Crippen molar-refractivity contribution >= 4 is 0 Å². The second-order valence-corrected chi connectivity index (χ2v) is 3.86. The Morgan fingerprint density at radius 1 is 1.50 bits per heavy atom. The largest absolute Gasteiger partial charge is 0.334 e. The third-order valence-corrected chi connectivity index (χ3v) is 2.89. The van der Waals surface area contributed by atoms with E-state index in [9.17, 15) is 0 Å². The van der Waals surface area contributed by atoms with Crippen LogP contribution in [0.2, 0.25) is 0 Å². The van der Waals surface area contributed by atoms with Crippen LogP contribution < -0.4 is 0 Å². The van der Waals surface area contributed by atoms with Crippen molar-refractivity contribution in [2.24, 2.45) is 0 Å². The second-order valence-electron chi connectivity index (χ2n) is 3.86. The van der Waals surface area contributed by atoms with E-state index in [0.717, 1.165) is 18.7 Å². The molecule has 2 aromatic rings. The first kappa shape index (κ1) is 9.09. The van der Waals surface area contributed by atoms with Crippen LogP contribution in [-0.2, 0) is 0 Å². The third kappa shape index (κ3) is 1.29. The van der Waals surface area contributed by atoms with Gasteiger partial charge in [-0.1, -0.05) is 11.6 Å². The topological polar surface area (TPSA) is 91.4 Å². The van der Waals surface area contributed by atoms with Crippen molar-refractivity contribution in [3.63, 3.8) is 0 Å². The van der Waals surface area contributed by atoms with E-state index in [4.69, 9.17) is 9.78 Å².